The molecule has 2 aliphatic rings. The third kappa shape index (κ3) is 2.15. The highest BCUT2D eigenvalue weighted by Gasteiger charge is 2.37. The topological polar surface area (TPSA) is 49.8 Å². The van der Waals surface area contributed by atoms with Gasteiger partial charge in [0.05, 0.1) is 0 Å². The Labute approximate surface area is 109 Å². The first-order valence-corrected chi connectivity index (χ1v) is 6.85. The highest BCUT2D eigenvalue weighted by molar-refractivity contribution is 14.1. The lowest BCUT2D eigenvalue weighted by Crippen LogP contribution is -2.21. The number of hydrogen-bond donors (Lipinski definition) is 2. The number of aromatic nitrogens is 2. The number of nitrogens with one attached hydrogen (secondary N) is 2. The van der Waals surface area contributed by atoms with E-state index >= 15 is 0 Å². The summed E-state index contributed by atoms with van der Waals surface area (Å²) in [5, 5.41) is 15.2. The maximum atomic E-state index is 4.15. The van der Waals surface area contributed by atoms with Crippen LogP contribution in [0.25, 0.3) is 0 Å². The summed E-state index contributed by atoms with van der Waals surface area (Å²) < 4.78 is 0.940. The molecule has 1 aliphatic carbocycles. The van der Waals surface area contributed by atoms with E-state index in [4.69, 9.17) is 0 Å². The van der Waals surface area contributed by atoms with E-state index in [1.165, 1.54) is 25.9 Å². The first-order valence-electron chi connectivity index (χ1n) is 5.78. The van der Waals surface area contributed by atoms with Gasteiger partial charge in [-0.15, -0.1) is 10.2 Å². The van der Waals surface area contributed by atoms with Crippen molar-refractivity contribution in [2.45, 2.75) is 18.9 Å². The molecule has 3 atom stereocenters. The van der Waals surface area contributed by atoms with Crippen LogP contribution in [-0.2, 0) is 0 Å². The number of halogens is 1. The molecular formula is C11H15IN4. The Morgan fingerprint density at radius 3 is 2.56 bits per heavy atom. The summed E-state index contributed by atoms with van der Waals surface area (Å²) in [7, 11) is 0. The zero-order chi connectivity index (χ0) is 11.0. The third-order valence-electron chi connectivity index (χ3n) is 3.64. The predicted octanol–water partition coefficient (Wildman–Crippen LogP) is 1.49. The van der Waals surface area contributed by atoms with Crippen molar-refractivity contribution in [3.05, 3.63) is 15.8 Å². The SMILES string of the molecule is Ic1ccc(N[C@@H]2C[C@H]3CNC[C@H]3C2)nn1. The fraction of sp³-hybridized carbons (Fsp3) is 0.636. The van der Waals surface area contributed by atoms with Crippen LogP contribution in [0, 0.1) is 15.5 Å². The summed E-state index contributed by atoms with van der Waals surface area (Å²) in [4.78, 5) is 0. The molecule has 86 valence electrons. The van der Waals surface area contributed by atoms with Gasteiger partial charge in [-0.05, 0) is 72.5 Å². The number of hydrogen-bond acceptors (Lipinski definition) is 4. The number of nitrogens with zero attached hydrogens (tertiary/aromatic N) is 2. The quantitative estimate of drug-likeness (QED) is 0.807. The second-order valence-electron chi connectivity index (χ2n) is 4.73. The van der Waals surface area contributed by atoms with E-state index in [0.717, 1.165) is 21.4 Å². The molecular weight excluding hydrogens is 315 g/mol. The average Bonchev–Trinajstić information content (AvgIpc) is 2.81. The largest absolute Gasteiger partial charge is 0.366 e. The van der Waals surface area contributed by atoms with Crippen LogP contribution in [0.15, 0.2) is 12.1 Å². The molecule has 0 unspecified atom stereocenters. The van der Waals surface area contributed by atoms with Crippen molar-refractivity contribution >= 4 is 28.4 Å². The molecule has 1 aromatic rings. The van der Waals surface area contributed by atoms with E-state index in [1.54, 1.807) is 0 Å². The number of fused-ring (bicyclic) bond motifs is 1. The molecule has 1 saturated carbocycles. The minimum absolute atomic E-state index is 0.589. The molecule has 5 heteroatoms. The van der Waals surface area contributed by atoms with Crippen LogP contribution in [0.5, 0.6) is 0 Å². The molecule has 1 aromatic heterocycles. The van der Waals surface area contributed by atoms with Crippen LogP contribution in [0.3, 0.4) is 0 Å². The Kier molecular flexibility index (Phi) is 2.97. The van der Waals surface area contributed by atoms with Crippen LogP contribution in [0.1, 0.15) is 12.8 Å². The normalized spacial score (nSPS) is 32.7. The lowest BCUT2D eigenvalue weighted by atomic mass is 10.0. The van der Waals surface area contributed by atoms with Crippen molar-refractivity contribution in [1.82, 2.24) is 15.5 Å². The van der Waals surface area contributed by atoms with Crippen molar-refractivity contribution < 1.29 is 0 Å². The van der Waals surface area contributed by atoms with Crippen LogP contribution < -0.4 is 10.6 Å². The minimum atomic E-state index is 0.589. The van der Waals surface area contributed by atoms with Crippen LogP contribution in [0.2, 0.25) is 0 Å². The minimum Gasteiger partial charge on any atom is -0.366 e. The zero-order valence-electron chi connectivity index (χ0n) is 8.99. The Morgan fingerprint density at radius 1 is 1.19 bits per heavy atom. The molecule has 4 nitrogen and oxygen atoms in total. The van der Waals surface area contributed by atoms with Crippen LogP contribution in [0.4, 0.5) is 5.82 Å². The van der Waals surface area contributed by atoms with Gasteiger partial charge in [-0.1, -0.05) is 0 Å². The van der Waals surface area contributed by atoms with E-state index < -0.39 is 0 Å². The van der Waals surface area contributed by atoms with Crippen molar-refractivity contribution in [3.63, 3.8) is 0 Å². The van der Waals surface area contributed by atoms with Gasteiger partial charge in [0.15, 0.2) is 0 Å². The lowest BCUT2D eigenvalue weighted by Gasteiger charge is -2.13. The summed E-state index contributed by atoms with van der Waals surface area (Å²) in [6, 6.07) is 4.60. The van der Waals surface area contributed by atoms with Gasteiger partial charge < -0.3 is 10.6 Å². The second kappa shape index (κ2) is 4.44. The van der Waals surface area contributed by atoms with Gasteiger partial charge in [-0.25, -0.2) is 0 Å². The maximum absolute atomic E-state index is 4.15. The standard InChI is InChI=1S/C11H15IN4/c12-10-1-2-11(16-15-10)14-9-3-7-5-13-6-8(7)4-9/h1-2,7-9,13H,3-6H2,(H,14,16)/t7-,8+,9+. The van der Waals surface area contributed by atoms with Gasteiger partial charge in [-0.2, -0.15) is 0 Å². The van der Waals surface area contributed by atoms with Gasteiger partial charge in [-0.3, -0.25) is 0 Å². The van der Waals surface area contributed by atoms with Gasteiger partial charge >= 0.3 is 0 Å². The fourth-order valence-corrected chi connectivity index (χ4v) is 3.17. The first-order chi connectivity index (χ1) is 7.81. The van der Waals surface area contributed by atoms with Gasteiger partial charge in [0.2, 0.25) is 0 Å². The summed E-state index contributed by atoms with van der Waals surface area (Å²) in [5.74, 6) is 2.65. The van der Waals surface area contributed by atoms with E-state index in [2.05, 4.69) is 43.4 Å². The summed E-state index contributed by atoms with van der Waals surface area (Å²) in [6.07, 6.45) is 2.54. The van der Waals surface area contributed by atoms with Crippen LogP contribution in [-0.4, -0.2) is 29.3 Å². The highest BCUT2D eigenvalue weighted by atomic mass is 127. The smallest absolute Gasteiger partial charge is 0.148 e. The number of anilines is 1. The number of rotatable bonds is 2. The molecule has 1 aliphatic heterocycles. The molecule has 0 aromatic carbocycles. The van der Waals surface area contributed by atoms with E-state index in [1.807, 2.05) is 12.1 Å². The summed E-state index contributed by atoms with van der Waals surface area (Å²) >= 11 is 2.17. The summed E-state index contributed by atoms with van der Waals surface area (Å²) in [6.45, 7) is 2.39. The average molecular weight is 330 g/mol. The fourth-order valence-electron chi connectivity index (χ4n) is 2.89. The van der Waals surface area contributed by atoms with E-state index in [0.29, 0.717) is 6.04 Å². The summed E-state index contributed by atoms with van der Waals surface area (Å²) in [5.41, 5.74) is 0. The molecule has 2 fully saturated rings. The first kappa shape index (κ1) is 10.7. The molecule has 0 radical (unpaired) electrons. The molecule has 0 amide bonds. The molecule has 16 heavy (non-hydrogen) atoms. The van der Waals surface area contributed by atoms with Crippen LogP contribution >= 0.6 is 22.6 Å². The van der Waals surface area contributed by atoms with E-state index in [9.17, 15) is 0 Å². The second-order valence-corrected chi connectivity index (χ2v) is 5.84. The molecule has 0 bridgehead atoms. The van der Waals surface area contributed by atoms with Crippen molar-refractivity contribution in [3.8, 4) is 0 Å². The van der Waals surface area contributed by atoms with Crippen molar-refractivity contribution in [2.75, 3.05) is 18.4 Å². The van der Waals surface area contributed by atoms with Gasteiger partial charge in [0.25, 0.3) is 0 Å². The Morgan fingerprint density at radius 2 is 1.94 bits per heavy atom. The highest BCUT2D eigenvalue weighted by Crippen LogP contribution is 2.35. The molecule has 2 N–H and O–H groups in total. The van der Waals surface area contributed by atoms with Gasteiger partial charge in [0, 0.05) is 6.04 Å². The Hall–Kier alpha value is -0.430. The third-order valence-corrected chi connectivity index (χ3v) is 4.21. The lowest BCUT2D eigenvalue weighted by molar-refractivity contribution is 0.494. The Bertz CT molecular complexity index is 355. The van der Waals surface area contributed by atoms with E-state index in [-0.39, 0.29) is 0 Å². The zero-order valence-corrected chi connectivity index (χ0v) is 11.1. The van der Waals surface area contributed by atoms with Gasteiger partial charge in [0.1, 0.15) is 9.52 Å². The molecule has 3 rings (SSSR count). The van der Waals surface area contributed by atoms with Crippen molar-refractivity contribution in [2.24, 2.45) is 11.8 Å². The molecule has 1 saturated heterocycles. The molecule has 2 heterocycles. The molecule has 0 spiro atoms. The Balaban J connectivity index is 1.62. The predicted molar refractivity (Wildman–Crippen MR) is 71.2 cm³/mol. The monoisotopic (exact) mass is 330 g/mol. The van der Waals surface area contributed by atoms with Crippen molar-refractivity contribution in [1.29, 1.82) is 0 Å². The maximum Gasteiger partial charge on any atom is 0.148 e.